The number of hydrogen-bond donors (Lipinski definition) is 1. The van der Waals surface area contributed by atoms with E-state index in [4.69, 9.17) is 16.6 Å². The quantitative estimate of drug-likeness (QED) is 0.202. The summed E-state index contributed by atoms with van der Waals surface area (Å²) in [5, 5.41) is 12.8. The summed E-state index contributed by atoms with van der Waals surface area (Å²) in [7, 11) is 0. The van der Waals surface area contributed by atoms with Gasteiger partial charge in [0.1, 0.15) is 0 Å². The number of hydrogen-bond acceptors (Lipinski definition) is 6. The molecule has 0 aliphatic rings. The average Bonchev–Trinajstić information content (AvgIpc) is 3.44. The summed E-state index contributed by atoms with van der Waals surface area (Å²) in [6.07, 6.45) is -4.02. The molecule has 0 atom stereocenters. The van der Waals surface area contributed by atoms with Crippen LogP contribution in [0.15, 0.2) is 53.7 Å². The molecule has 196 valence electrons. The van der Waals surface area contributed by atoms with Gasteiger partial charge in [-0.3, -0.25) is 9.48 Å². The number of thioether (sulfide) groups is 1. The van der Waals surface area contributed by atoms with Crippen molar-refractivity contribution < 1.29 is 18.0 Å². The number of nitrogens with zero attached hydrogens (tertiary/aromatic N) is 6. The van der Waals surface area contributed by atoms with Crippen molar-refractivity contribution in [1.29, 1.82) is 0 Å². The first-order valence-corrected chi connectivity index (χ1v) is 12.9. The van der Waals surface area contributed by atoms with Crippen LogP contribution in [0.25, 0.3) is 16.6 Å². The van der Waals surface area contributed by atoms with Gasteiger partial charge < -0.3 is 5.32 Å². The third-order valence-corrected chi connectivity index (χ3v) is 7.00. The van der Waals surface area contributed by atoms with E-state index in [0.717, 1.165) is 46.7 Å². The van der Waals surface area contributed by atoms with Gasteiger partial charge in [-0.25, -0.2) is 9.97 Å². The Bertz CT molecular complexity index is 1660. The molecule has 5 rings (SSSR count). The van der Waals surface area contributed by atoms with Gasteiger partial charge in [-0.1, -0.05) is 35.5 Å². The van der Waals surface area contributed by atoms with Crippen molar-refractivity contribution in [2.45, 2.75) is 38.1 Å². The second kappa shape index (κ2) is 10.3. The number of halogens is 4. The van der Waals surface area contributed by atoms with Crippen LogP contribution in [0.1, 0.15) is 22.8 Å². The number of rotatable bonds is 7. The molecule has 1 amide bonds. The number of nitrogens with one attached hydrogen (secondary N) is 1. The lowest BCUT2D eigenvalue weighted by Crippen LogP contribution is -2.16. The average molecular weight is 560 g/mol. The second-order valence-corrected chi connectivity index (χ2v) is 9.95. The minimum Gasteiger partial charge on any atom is -0.324 e. The summed E-state index contributed by atoms with van der Waals surface area (Å²) in [6, 6.07) is 12.2. The number of aryl methyl sites for hydroxylation is 4. The standard InChI is InChI=1S/C25H21ClF3N7OS/c1-14-11-15(2)35(33-14)10-9-21-32-23-17-5-3-4-6-19(17)31-24(36(23)34-21)38-13-22(37)30-20-12-16(25(27,28)29)7-8-18(20)26/h3-8,11-12H,9-10,13H2,1-2H3,(H,30,37). The number of alkyl halides is 3. The Morgan fingerprint density at radius 2 is 1.87 bits per heavy atom. The van der Waals surface area contributed by atoms with Gasteiger partial charge >= 0.3 is 6.18 Å². The zero-order valence-electron chi connectivity index (χ0n) is 20.3. The molecule has 2 aromatic carbocycles. The van der Waals surface area contributed by atoms with Crippen LogP contribution >= 0.6 is 23.4 Å². The Labute approximate surface area is 224 Å². The lowest BCUT2D eigenvalue weighted by atomic mass is 10.2. The van der Waals surface area contributed by atoms with Crippen LogP contribution in [-0.2, 0) is 23.9 Å². The molecular weight excluding hydrogens is 539 g/mol. The van der Waals surface area contributed by atoms with Crippen LogP contribution in [0.4, 0.5) is 18.9 Å². The fourth-order valence-corrected chi connectivity index (χ4v) is 4.90. The molecule has 0 saturated heterocycles. The van der Waals surface area contributed by atoms with E-state index in [0.29, 0.717) is 35.1 Å². The lowest BCUT2D eigenvalue weighted by molar-refractivity contribution is -0.137. The summed E-state index contributed by atoms with van der Waals surface area (Å²) >= 11 is 7.10. The molecule has 8 nitrogen and oxygen atoms in total. The highest BCUT2D eigenvalue weighted by Crippen LogP contribution is 2.34. The third-order valence-electron chi connectivity index (χ3n) is 5.74. The second-order valence-electron chi connectivity index (χ2n) is 8.60. The highest BCUT2D eigenvalue weighted by atomic mass is 35.5. The number of aromatic nitrogens is 6. The Morgan fingerprint density at radius 3 is 2.61 bits per heavy atom. The molecule has 38 heavy (non-hydrogen) atoms. The van der Waals surface area contributed by atoms with Crippen molar-refractivity contribution in [2.24, 2.45) is 0 Å². The Balaban J connectivity index is 1.38. The van der Waals surface area contributed by atoms with E-state index < -0.39 is 17.6 Å². The van der Waals surface area contributed by atoms with Crippen LogP contribution in [0, 0.1) is 13.8 Å². The summed E-state index contributed by atoms with van der Waals surface area (Å²) in [5.74, 6) is -0.0736. The minimum atomic E-state index is -4.56. The zero-order chi connectivity index (χ0) is 27.0. The van der Waals surface area contributed by atoms with Crippen molar-refractivity contribution >= 4 is 51.5 Å². The smallest absolute Gasteiger partial charge is 0.324 e. The molecule has 5 aromatic rings. The molecule has 0 radical (unpaired) electrons. The molecule has 1 N–H and O–H groups in total. The minimum absolute atomic E-state index is 0.00565. The van der Waals surface area contributed by atoms with E-state index in [2.05, 4.69) is 20.5 Å². The summed E-state index contributed by atoms with van der Waals surface area (Å²) in [6.45, 7) is 4.52. The van der Waals surface area contributed by atoms with E-state index in [1.807, 2.05) is 48.9 Å². The van der Waals surface area contributed by atoms with Crippen molar-refractivity contribution in [3.05, 3.63) is 76.3 Å². The summed E-state index contributed by atoms with van der Waals surface area (Å²) in [5.41, 5.74) is 2.24. The highest BCUT2D eigenvalue weighted by molar-refractivity contribution is 7.99. The number of benzene rings is 2. The highest BCUT2D eigenvalue weighted by Gasteiger charge is 2.31. The fourth-order valence-electron chi connectivity index (χ4n) is 3.99. The lowest BCUT2D eigenvalue weighted by Gasteiger charge is -2.11. The monoisotopic (exact) mass is 559 g/mol. The fraction of sp³-hybridized carbons (Fsp3) is 0.240. The molecule has 3 aromatic heterocycles. The molecule has 0 unspecified atom stereocenters. The van der Waals surface area contributed by atoms with Gasteiger partial charge in [0.05, 0.1) is 33.2 Å². The molecule has 0 aliphatic carbocycles. The molecule has 0 fully saturated rings. The van der Waals surface area contributed by atoms with Crippen LogP contribution < -0.4 is 5.32 Å². The molecule has 0 bridgehead atoms. The van der Waals surface area contributed by atoms with E-state index in [1.165, 1.54) is 0 Å². The van der Waals surface area contributed by atoms with Crippen LogP contribution in [-0.4, -0.2) is 41.0 Å². The molecule has 0 aliphatic heterocycles. The number of amides is 1. The van der Waals surface area contributed by atoms with Crippen molar-refractivity contribution in [1.82, 2.24) is 29.4 Å². The maximum atomic E-state index is 13.1. The topological polar surface area (TPSA) is 90.0 Å². The number of para-hydroxylation sites is 1. The SMILES string of the molecule is Cc1cc(C)n(CCc2nc3c4ccccc4nc(SCC(=O)Nc4cc(C(F)(F)F)ccc4Cl)n3n2)n1. The molecule has 13 heteroatoms. The molecular formula is C25H21ClF3N7OS. The van der Waals surface area contributed by atoms with Crippen molar-refractivity contribution in [2.75, 3.05) is 11.1 Å². The predicted molar refractivity (Wildman–Crippen MR) is 140 cm³/mol. The van der Waals surface area contributed by atoms with Crippen LogP contribution in [0.2, 0.25) is 5.02 Å². The van der Waals surface area contributed by atoms with Gasteiger partial charge in [0.2, 0.25) is 5.91 Å². The number of fused-ring (bicyclic) bond motifs is 3. The predicted octanol–water partition coefficient (Wildman–Crippen LogP) is 5.74. The van der Waals surface area contributed by atoms with Gasteiger partial charge in [-0.2, -0.15) is 22.8 Å². The number of carbonyl (C=O) groups is 1. The van der Waals surface area contributed by atoms with Gasteiger partial charge in [-0.05, 0) is 50.2 Å². The zero-order valence-corrected chi connectivity index (χ0v) is 21.8. The summed E-state index contributed by atoms with van der Waals surface area (Å²) in [4.78, 5) is 22.0. The van der Waals surface area contributed by atoms with Gasteiger partial charge in [-0.15, -0.1) is 5.10 Å². The van der Waals surface area contributed by atoms with Crippen LogP contribution in [0.3, 0.4) is 0 Å². The third kappa shape index (κ3) is 5.46. The summed E-state index contributed by atoms with van der Waals surface area (Å²) < 4.78 is 42.7. The maximum Gasteiger partial charge on any atom is 0.416 e. The van der Waals surface area contributed by atoms with Crippen molar-refractivity contribution in [3.63, 3.8) is 0 Å². The maximum absolute atomic E-state index is 13.1. The van der Waals surface area contributed by atoms with Gasteiger partial charge in [0.25, 0.3) is 0 Å². The van der Waals surface area contributed by atoms with E-state index in [1.54, 1.807) is 4.52 Å². The Hall–Kier alpha value is -3.64. The first kappa shape index (κ1) is 26.0. The van der Waals surface area contributed by atoms with Crippen molar-refractivity contribution in [3.8, 4) is 0 Å². The molecule has 3 heterocycles. The van der Waals surface area contributed by atoms with Crippen LogP contribution in [0.5, 0.6) is 0 Å². The Kier molecular flexibility index (Phi) is 7.01. The first-order chi connectivity index (χ1) is 18.1. The molecule has 0 spiro atoms. The number of anilines is 1. The van der Waals surface area contributed by atoms with E-state index >= 15 is 0 Å². The van der Waals surface area contributed by atoms with E-state index in [9.17, 15) is 18.0 Å². The normalized spacial score (nSPS) is 11.9. The van der Waals surface area contributed by atoms with E-state index in [-0.39, 0.29) is 16.5 Å². The number of carbonyl (C=O) groups excluding carboxylic acids is 1. The molecule has 0 saturated carbocycles. The largest absolute Gasteiger partial charge is 0.416 e. The van der Waals surface area contributed by atoms with Gasteiger partial charge in [0, 0.05) is 24.0 Å². The Morgan fingerprint density at radius 1 is 1.08 bits per heavy atom. The first-order valence-electron chi connectivity index (χ1n) is 11.5. The van der Waals surface area contributed by atoms with Gasteiger partial charge in [0.15, 0.2) is 16.6 Å².